The van der Waals surface area contributed by atoms with E-state index in [-0.39, 0.29) is 24.5 Å². The Bertz CT molecular complexity index is 986. The average molecular weight is 652 g/mol. The summed E-state index contributed by atoms with van der Waals surface area (Å²) < 4.78 is 5.84. The van der Waals surface area contributed by atoms with E-state index in [4.69, 9.17) is 9.84 Å². The van der Waals surface area contributed by atoms with Crippen molar-refractivity contribution in [2.75, 3.05) is 6.54 Å². The number of carbonyl (C=O) groups is 3. The highest BCUT2D eigenvalue weighted by Crippen LogP contribution is 2.17. The van der Waals surface area contributed by atoms with E-state index in [1.165, 1.54) is 12.8 Å². The van der Waals surface area contributed by atoms with Crippen LogP contribution in [0.15, 0.2) is 85.1 Å². The van der Waals surface area contributed by atoms with Crippen molar-refractivity contribution in [3.63, 3.8) is 0 Å². The van der Waals surface area contributed by atoms with Crippen molar-refractivity contribution < 1.29 is 24.2 Å². The fourth-order valence-electron chi connectivity index (χ4n) is 4.68. The molecule has 0 aromatic rings. The van der Waals surface area contributed by atoms with Gasteiger partial charge in [-0.3, -0.25) is 14.4 Å². The zero-order chi connectivity index (χ0) is 34.5. The van der Waals surface area contributed by atoms with Gasteiger partial charge in [-0.2, -0.15) is 0 Å². The minimum atomic E-state index is -1.04. The standard InChI is InChI=1S/C41H65NO5/c1-3-5-7-9-10-11-12-13-14-15-16-17-18-19-20-21-22-23-24-25-26-27-32-36-41(46)47-38(33-29-8-6-4-2)34-30-28-31-35-39(43)42-37-40(44)45/h5,7,10-11,13-14,16-17,19-20,22-23,25-26,38H,3-4,6,8-9,12,15,18,21,24,27-37H2,1-2H3,(H,42,43)(H,44,45)/b7-5-,11-10-,14-13-,17-16-,20-19-,23-22-,26-25-. The quantitative estimate of drug-likeness (QED) is 0.0442. The zero-order valence-corrected chi connectivity index (χ0v) is 29.6. The van der Waals surface area contributed by atoms with E-state index in [0.29, 0.717) is 19.3 Å². The molecule has 264 valence electrons. The van der Waals surface area contributed by atoms with Crippen molar-refractivity contribution in [2.24, 2.45) is 0 Å². The highest BCUT2D eigenvalue weighted by atomic mass is 16.5. The largest absolute Gasteiger partial charge is 0.480 e. The third-order valence-corrected chi connectivity index (χ3v) is 7.33. The number of allylic oxidation sites excluding steroid dienone is 14. The van der Waals surface area contributed by atoms with Crippen LogP contribution < -0.4 is 5.32 Å². The van der Waals surface area contributed by atoms with Crippen molar-refractivity contribution in [3.05, 3.63) is 85.1 Å². The molecule has 1 unspecified atom stereocenters. The van der Waals surface area contributed by atoms with Crippen LogP contribution in [0.25, 0.3) is 0 Å². The van der Waals surface area contributed by atoms with E-state index < -0.39 is 5.97 Å². The summed E-state index contributed by atoms with van der Waals surface area (Å²) in [5, 5.41) is 11.0. The molecule has 0 bridgehead atoms. The first-order chi connectivity index (χ1) is 23.0. The Hall–Kier alpha value is -3.41. The molecule has 1 amide bonds. The Morgan fingerprint density at radius 3 is 1.51 bits per heavy atom. The van der Waals surface area contributed by atoms with Gasteiger partial charge in [-0.25, -0.2) is 0 Å². The van der Waals surface area contributed by atoms with Gasteiger partial charge in [0.25, 0.3) is 0 Å². The molecule has 0 aliphatic rings. The van der Waals surface area contributed by atoms with Gasteiger partial charge < -0.3 is 15.2 Å². The Morgan fingerprint density at radius 2 is 1.04 bits per heavy atom. The number of hydrogen-bond donors (Lipinski definition) is 2. The van der Waals surface area contributed by atoms with Gasteiger partial charge >= 0.3 is 11.9 Å². The lowest BCUT2D eigenvalue weighted by atomic mass is 10.0. The average Bonchev–Trinajstić information content (AvgIpc) is 3.05. The highest BCUT2D eigenvalue weighted by molar-refractivity contribution is 5.80. The predicted molar refractivity (Wildman–Crippen MR) is 198 cm³/mol. The number of carboxylic acid groups (broad SMARTS) is 1. The van der Waals surface area contributed by atoms with Crippen molar-refractivity contribution in [3.8, 4) is 0 Å². The molecular formula is C41H65NO5. The van der Waals surface area contributed by atoms with Gasteiger partial charge in [0.1, 0.15) is 12.6 Å². The number of nitrogens with one attached hydrogen (secondary N) is 1. The minimum absolute atomic E-state index is 0.0659. The second kappa shape index (κ2) is 35.4. The highest BCUT2D eigenvalue weighted by Gasteiger charge is 2.14. The van der Waals surface area contributed by atoms with Gasteiger partial charge in [0.15, 0.2) is 0 Å². The normalized spacial score (nSPS) is 13.1. The molecule has 0 spiro atoms. The van der Waals surface area contributed by atoms with Gasteiger partial charge in [0, 0.05) is 12.8 Å². The number of carboxylic acids is 1. The number of unbranched alkanes of at least 4 members (excludes halogenated alkanes) is 6. The van der Waals surface area contributed by atoms with Crippen LogP contribution in [-0.2, 0) is 19.1 Å². The molecule has 6 nitrogen and oxygen atoms in total. The molecule has 1 atom stereocenters. The number of amides is 1. The fourth-order valence-corrected chi connectivity index (χ4v) is 4.68. The third kappa shape index (κ3) is 35.3. The first kappa shape index (κ1) is 43.6. The number of carbonyl (C=O) groups excluding carboxylic acids is 2. The molecule has 0 radical (unpaired) electrons. The number of esters is 1. The van der Waals surface area contributed by atoms with Gasteiger partial charge in [0.2, 0.25) is 5.91 Å². The third-order valence-electron chi connectivity index (χ3n) is 7.33. The lowest BCUT2D eigenvalue weighted by Crippen LogP contribution is -2.28. The molecule has 0 aliphatic heterocycles. The Morgan fingerprint density at radius 1 is 0.574 bits per heavy atom. The number of hydrogen-bond acceptors (Lipinski definition) is 4. The van der Waals surface area contributed by atoms with Crippen LogP contribution in [0.3, 0.4) is 0 Å². The second-order valence-corrected chi connectivity index (χ2v) is 11.7. The van der Waals surface area contributed by atoms with E-state index in [9.17, 15) is 14.4 Å². The van der Waals surface area contributed by atoms with Gasteiger partial charge in [0.05, 0.1) is 0 Å². The first-order valence-electron chi connectivity index (χ1n) is 18.2. The lowest BCUT2D eigenvalue weighted by Gasteiger charge is -2.18. The van der Waals surface area contributed by atoms with Crippen LogP contribution in [0.2, 0.25) is 0 Å². The summed E-state index contributed by atoms with van der Waals surface area (Å²) in [5.74, 6) is -1.40. The molecular weight excluding hydrogens is 586 g/mol. The van der Waals surface area contributed by atoms with Crippen LogP contribution in [0.4, 0.5) is 0 Å². The molecule has 0 saturated carbocycles. The summed E-state index contributed by atoms with van der Waals surface area (Å²) in [5.41, 5.74) is 0. The smallest absolute Gasteiger partial charge is 0.322 e. The van der Waals surface area contributed by atoms with Crippen LogP contribution in [0.5, 0.6) is 0 Å². The second-order valence-electron chi connectivity index (χ2n) is 11.7. The van der Waals surface area contributed by atoms with Crippen molar-refractivity contribution in [2.45, 2.75) is 148 Å². The Balaban J connectivity index is 4.02. The maximum absolute atomic E-state index is 12.5. The SMILES string of the molecule is CC/C=C\C/C=C\C/C=C\C/C=C\C/C=C\C/C=C\C/C=C\CCCC(=O)OC(CCCCCC)CCCCCC(=O)NCC(=O)O. The van der Waals surface area contributed by atoms with E-state index in [0.717, 1.165) is 96.3 Å². The summed E-state index contributed by atoms with van der Waals surface area (Å²) in [4.78, 5) is 34.7. The van der Waals surface area contributed by atoms with Crippen LogP contribution in [0, 0.1) is 0 Å². The maximum Gasteiger partial charge on any atom is 0.322 e. The molecule has 0 aromatic heterocycles. The topological polar surface area (TPSA) is 92.7 Å². The monoisotopic (exact) mass is 651 g/mol. The first-order valence-corrected chi connectivity index (χ1v) is 18.2. The van der Waals surface area contributed by atoms with Crippen molar-refractivity contribution >= 4 is 17.8 Å². The molecule has 0 aromatic carbocycles. The molecule has 0 aliphatic carbocycles. The lowest BCUT2D eigenvalue weighted by molar-refractivity contribution is -0.150. The summed E-state index contributed by atoms with van der Waals surface area (Å²) in [6.45, 7) is 4.00. The summed E-state index contributed by atoms with van der Waals surface area (Å²) in [6, 6.07) is 0. The number of aliphatic carboxylic acids is 1. The molecule has 47 heavy (non-hydrogen) atoms. The van der Waals surface area contributed by atoms with Crippen molar-refractivity contribution in [1.29, 1.82) is 0 Å². The Kier molecular flexibility index (Phi) is 32.9. The van der Waals surface area contributed by atoms with Gasteiger partial charge in [-0.05, 0) is 89.9 Å². The molecule has 6 heteroatoms. The zero-order valence-electron chi connectivity index (χ0n) is 29.6. The van der Waals surface area contributed by atoms with Crippen LogP contribution in [-0.4, -0.2) is 35.6 Å². The minimum Gasteiger partial charge on any atom is -0.480 e. The van der Waals surface area contributed by atoms with Crippen LogP contribution in [0.1, 0.15) is 142 Å². The summed E-state index contributed by atoms with van der Waals surface area (Å²) in [7, 11) is 0. The van der Waals surface area contributed by atoms with Crippen molar-refractivity contribution in [1.82, 2.24) is 5.32 Å². The molecule has 0 heterocycles. The molecule has 0 fully saturated rings. The number of ether oxygens (including phenoxy) is 1. The number of rotatable bonds is 31. The fraction of sp³-hybridized carbons (Fsp3) is 0.585. The Labute approximate surface area is 286 Å². The van der Waals surface area contributed by atoms with E-state index in [1.54, 1.807) is 0 Å². The van der Waals surface area contributed by atoms with E-state index >= 15 is 0 Å². The van der Waals surface area contributed by atoms with Gasteiger partial charge in [-0.1, -0.05) is 125 Å². The van der Waals surface area contributed by atoms with E-state index in [1.807, 2.05) is 0 Å². The molecule has 0 rings (SSSR count). The predicted octanol–water partition coefficient (Wildman–Crippen LogP) is 10.8. The van der Waals surface area contributed by atoms with E-state index in [2.05, 4.69) is 104 Å². The molecule has 2 N–H and O–H groups in total. The summed E-state index contributed by atoms with van der Waals surface area (Å²) >= 11 is 0. The summed E-state index contributed by atoms with van der Waals surface area (Å²) in [6.07, 6.45) is 48.7. The van der Waals surface area contributed by atoms with Gasteiger partial charge in [-0.15, -0.1) is 0 Å². The van der Waals surface area contributed by atoms with Crippen LogP contribution >= 0.6 is 0 Å². The maximum atomic E-state index is 12.5. The molecule has 0 saturated heterocycles.